The number of ketones is 1. The number of likely N-dealkylation sites (tertiary alicyclic amines) is 1. The van der Waals surface area contributed by atoms with Gasteiger partial charge in [0.05, 0.1) is 0 Å². The van der Waals surface area contributed by atoms with Crippen molar-refractivity contribution in [3.63, 3.8) is 0 Å². The zero-order valence-corrected chi connectivity index (χ0v) is 15.2. The molecule has 5 heteroatoms. The van der Waals surface area contributed by atoms with E-state index in [1.807, 2.05) is 13.8 Å². The Labute approximate surface area is 149 Å². The fraction of sp³-hybridized carbons (Fsp3) is 0.600. The fourth-order valence-electron chi connectivity index (χ4n) is 3.04. The summed E-state index contributed by atoms with van der Waals surface area (Å²) in [6, 6.07) is 5.64. The number of hydrogen-bond donors (Lipinski definition) is 0. The minimum atomic E-state index is -0.534. The van der Waals surface area contributed by atoms with Gasteiger partial charge in [-0.3, -0.25) is 4.79 Å². The highest BCUT2D eigenvalue weighted by Crippen LogP contribution is 2.22. The van der Waals surface area contributed by atoms with Gasteiger partial charge < -0.3 is 9.64 Å². The summed E-state index contributed by atoms with van der Waals surface area (Å²) in [6.45, 7) is 5.38. The van der Waals surface area contributed by atoms with Crippen molar-refractivity contribution < 1.29 is 18.7 Å². The molecule has 25 heavy (non-hydrogen) atoms. The fourth-order valence-corrected chi connectivity index (χ4v) is 3.04. The number of carbonyl (C=O) groups excluding carboxylic acids is 2. The largest absolute Gasteiger partial charge is 0.443 e. The van der Waals surface area contributed by atoms with Crippen LogP contribution in [-0.4, -0.2) is 35.5 Å². The summed E-state index contributed by atoms with van der Waals surface area (Å²) in [5, 5.41) is 0. The number of Topliss-reactive ketones (excluding diaryl/α,β-unsaturated/α-hetero) is 1. The number of piperidine rings is 1. The highest BCUT2D eigenvalue weighted by molar-refractivity contribution is 5.95. The van der Waals surface area contributed by atoms with E-state index in [-0.39, 0.29) is 17.7 Å². The standard InChI is InChI=1S/C20H28FNO3/c1-20(2,25-19(24)22-14-6-3-7-15-22)13-5-4-8-18(23)16-9-11-17(21)12-10-16/h9-12H,3-8,13-15H2,1-2H3. The molecule has 1 amide bonds. The number of nitrogens with zero attached hydrogens (tertiary/aromatic N) is 1. The molecule has 2 rings (SSSR count). The zero-order chi connectivity index (χ0) is 18.3. The van der Waals surface area contributed by atoms with E-state index in [1.165, 1.54) is 30.7 Å². The second kappa shape index (κ2) is 8.97. The lowest BCUT2D eigenvalue weighted by Gasteiger charge is -2.31. The number of ether oxygens (including phenoxy) is 1. The lowest BCUT2D eigenvalue weighted by Crippen LogP contribution is -2.40. The first-order valence-electron chi connectivity index (χ1n) is 9.14. The van der Waals surface area contributed by atoms with Gasteiger partial charge in [-0.2, -0.15) is 0 Å². The van der Waals surface area contributed by atoms with E-state index in [0.29, 0.717) is 18.4 Å². The number of unbranched alkanes of at least 4 members (excludes halogenated alkanes) is 1. The number of benzene rings is 1. The second-order valence-electron chi connectivity index (χ2n) is 7.31. The Kier molecular flexibility index (Phi) is 6.97. The SMILES string of the molecule is CC(C)(CCCCC(=O)c1ccc(F)cc1)OC(=O)N1CCCCC1. The third-order valence-electron chi connectivity index (χ3n) is 4.58. The molecule has 1 fully saturated rings. The monoisotopic (exact) mass is 349 g/mol. The molecule has 0 aliphatic carbocycles. The van der Waals surface area contributed by atoms with Crippen LogP contribution in [0.3, 0.4) is 0 Å². The number of hydrogen-bond acceptors (Lipinski definition) is 3. The third kappa shape index (κ3) is 6.48. The van der Waals surface area contributed by atoms with E-state index in [1.54, 1.807) is 4.90 Å². The molecular weight excluding hydrogens is 321 g/mol. The van der Waals surface area contributed by atoms with Gasteiger partial charge in [0.1, 0.15) is 11.4 Å². The van der Waals surface area contributed by atoms with E-state index in [4.69, 9.17) is 4.74 Å². The Morgan fingerprint density at radius 3 is 2.36 bits per heavy atom. The first-order valence-corrected chi connectivity index (χ1v) is 9.14. The summed E-state index contributed by atoms with van der Waals surface area (Å²) in [5.41, 5.74) is 0.00479. The molecule has 138 valence electrons. The molecule has 1 aliphatic heterocycles. The van der Waals surface area contributed by atoms with Crippen LogP contribution in [0.1, 0.15) is 69.2 Å². The summed E-state index contributed by atoms with van der Waals surface area (Å²) < 4.78 is 18.5. The Morgan fingerprint density at radius 2 is 1.72 bits per heavy atom. The van der Waals surface area contributed by atoms with Crippen LogP contribution in [-0.2, 0) is 4.74 Å². The summed E-state index contributed by atoms with van der Waals surface area (Å²) in [5.74, 6) is -0.322. The van der Waals surface area contributed by atoms with Gasteiger partial charge in [-0.15, -0.1) is 0 Å². The third-order valence-corrected chi connectivity index (χ3v) is 4.58. The molecule has 1 saturated heterocycles. The van der Waals surface area contributed by atoms with Crippen molar-refractivity contribution >= 4 is 11.9 Å². The van der Waals surface area contributed by atoms with E-state index in [2.05, 4.69) is 0 Å². The maximum atomic E-state index is 12.9. The lowest BCUT2D eigenvalue weighted by atomic mass is 9.98. The van der Waals surface area contributed by atoms with Crippen molar-refractivity contribution in [3.8, 4) is 0 Å². The van der Waals surface area contributed by atoms with Crippen molar-refractivity contribution in [2.24, 2.45) is 0 Å². The molecule has 0 atom stereocenters. The van der Waals surface area contributed by atoms with Gasteiger partial charge in [-0.05, 0) is 76.6 Å². The summed E-state index contributed by atoms with van der Waals surface area (Å²) in [6.07, 6.45) is 5.68. The van der Waals surface area contributed by atoms with E-state index < -0.39 is 5.60 Å². The van der Waals surface area contributed by atoms with E-state index in [9.17, 15) is 14.0 Å². The topological polar surface area (TPSA) is 46.6 Å². The van der Waals surface area contributed by atoms with Crippen molar-refractivity contribution in [1.29, 1.82) is 0 Å². The van der Waals surface area contributed by atoms with Crippen LogP contribution < -0.4 is 0 Å². The summed E-state index contributed by atoms with van der Waals surface area (Å²) in [7, 11) is 0. The van der Waals surface area contributed by atoms with Crippen molar-refractivity contribution in [2.75, 3.05) is 13.1 Å². The normalized spacial score (nSPS) is 15.1. The van der Waals surface area contributed by atoms with Gasteiger partial charge in [0.25, 0.3) is 0 Å². The quantitative estimate of drug-likeness (QED) is 0.516. The van der Waals surface area contributed by atoms with E-state index >= 15 is 0 Å². The predicted octanol–water partition coefficient (Wildman–Crippen LogP) is 4.97. The van der Waals surface area contributed by atoms with Crippen molar-refractivity contribution in [3.05, 3.63) is 35.6 Å². The summed E-state index contributed by atoms with van der Waals surface area (Å²) >= 11 is 0. The van der Waals surface area contributed by atoms with Gasteiger partial charge in [0.2, 0.25) is 0 Å². The molecule has 1 aliphatic rings. The second-order valence-corrected chi connectivity index (χ2v) is 7.31. The first kappa shape index (κ1) is 19.4. The molecule has 0 radical (unpaired) electrons. The Morgan fingerprint density at radius 1 is 1.08 bits per heavy atom. The molecule has 0 bridgehead atoms. The average molecular weight is 349 g/mol. The molecule has 0 aromatic heterocycles. The van der Waals surface area contributed by atoms with E-state index in [0.717, 1.165) is 38.8 Å². The van der Waals surface area contributed by atoms with Crippen LogP contribution in [0.5, 0.6) is 0 Å². The Bertz CT molecular complexity index is 577. The molecule has 0 spiro atoms. The minimum absolute atomic E-state index is 0.0168. The number of rotatable bonds is 7. The van der Waals surface area contributed by atoms with Crippen LogP contribution in [0.25, 0.3) is 0 Å². The van der Waals surface area contributed by atoms with Gasteiger partial charge >= 0.3 is 6.09 Å². The number of carbonyl (C=O) groups is 2. The van der Waals surface area contributed by atoms with Gasteiger partial charge in [-0.1, -0.05) is 0 Å². The molecular formula is C20H28FNO3. The van der Waals surface area contributed by atoms with Gasteiger partial charge in [-0.25, -0.2) is 9.18 Å². The Balaban J connectivity index is 1.69. The highest BCUT2D eigenvalue weighted by atomic mass is 19.1. The average Bonchev–Trinajstić information content (AvgIpc) is 2.59. The molecule has 1 heterocycles. The molecule has 0 N–H and O–H groups in total. The molecule has 0 unspecified atom stereocenters. The molecule has 1 aromatic rings. The molecule has 1 aromatic carbocycles. The Hall–Kier alpha value is -1.91. The first-order chi connectivity index (χ1) is 11.9. The zero-order valence-electron chi connectivity index (χ0n) is 15.2. The smallest absolute Gasteiger partial charge is 0.410 e. The number of amides is 1. The minimum Gasteiger partial charge on any atom is -0.443 e. The number of halogens is 1. The lowest BCUT2D eigenvalue weighted by molar-refractivity contribution is 0.00421. The van der Waals surface area contributed by atoms with Gasteiger partial charge in [0, 0.05) is 25.1 Å². The van der Waals surface area contributed by atoms with Crippen LogP contribution >= 0.6 is 0 Å². The van der Waals surface area contributed by atoms with Crippen molar-refractivity contribution in [1.82, 2.24) is 4.90 Å². The van der Waals surface area contributed by atoms with Crippen LogP contribution in [0.4, 0.5) is 9.18 Å². The van der Waals surface area contributed by atoms with Crippen LogP contribution in [0, 0.1) is 5.82 Å². The maximum absolute atomic E-state index is 12.9. The molecule has 0 saturated carbocycles. The van der Waals surface area contributed by atoms with Gasteiger partial charge in [0.15, 0.2) is 5.78 Å². The van der Waals surface area contributed by atoms with Crippen molar-refractivity contribution in [2.45, 2.75) is 64.4 Å². The molecule has 4 nitrogen and oxygen atoms in total. The summed E-state index contributed by atoms with van der Waals surface area (Å²) in [4.78, 5) is 26.0. The maximum Gasteiger partial charge on any atom is 0.410 e. The van der Waals surface area contributed by atoms with Crippen LogP contribution in [0.2, 0.25) is 0 Å². The predicted molar refractivity (Wildman–Crippen MR) is 95.2 cm³/mol. The van der Waals surface area contributed by atoms with Crippen LogP contribution in [0.15, 0.2) is 24.3 Å². The highest BCUT2D eigenvalue weighted by Gasteiger charge is 2.26.